The molecule has 0 aromatic heterocycles. The van der Waals surface area contributed by atoms with Gasteiger partial charge in [-0.15, -0.1) is 0 Å². The zero-order chi connectivity index (χ0) is 18.2. The lowest BCUT2D eigenvalue weighted by Crippen LogP contribution is -2.16. The van der Waals surface area contributed by atoms with Crippen LogP contribution in [0.25, 0.3) is 0 Å². The number of rotatable bonds is 6. The summed E-state index contributed by atoms with van der Waals surface area (Å²) in [6.07, 6.45) is 4.93. The van der Waals surface area contributed by atoms with Gasteiger partial charge in [0.25, 0.3) is 0 Å². The molecule has 4 nitrogen and oxygen atoms in total. The summed E-state index contributed by atoms with van der Waals surface area (Å²) >= 11 is 0. The van der Waals surface area contributed by atoms with Gasteiger partial charge < -0.3 is 11.1 Å². The van der Waals surface area contributed by atoms with Gasteiger partial charge in [0.15, 0.2) is 0 Å². The predicted molar refractivity (Wildman–Crippen MR) is 105 cm³/mol. The van der Waals surface area contributed by atoms with Crippen molar-refractivity contribution in [2.75, 3.05) is 6.54 Å². The van der Waals surface area contributed by atoms with Gasteiger partial charge in [-0.05, 0) is 34.5 Å². The summed E-state index contributed by atoms with van der Waals surface area (Å²) in [6.45, 7) is 1.19. The number of nitriles is 1. The standard InChI is InChI=1S/C22H22N4/c23-12-10-20-16-25-13-11-21(20)26-22(14-17-4-2-1-3-5-17)19-8-6-18(15-24)7-9-19/h1-9,11,13,25H,10,14-16,24H2. The van der Waals surface area contributed by atoms with Gasteiger partial charge in [-0.25, -0.2) is 0 Å². The molecule has 0 bridgehead atoms. The van der Waals surface area contributed by atoms with Gasteiger partial charge in [0.2, 0.25) is 0 Å². The number of benzene rings is 2. The number of nitrogens with two attached hydrogens (primary N) is 1. The molecule has 0 unspecified atom stereocenters. The van der Waals surface area contributed by atoms with E-state index in [2.05, 4.69) is 35.7 Å². The Bertz CT molecular complexity index is 869. The fourth-order valence-electron chi connectivity index (χ4n) is 2.87. The number of aliphatic imine (C=N–C) groups is 1. The highest BCUT2D eigenvalue weighted by molar-refractivity contribution is 6.02. The monoisotopic (exact) mass is 342 g/mol. The molecule has 0 aliphatic carbocycles. The molecular formula is C22H22N4. The quantitative estimate of drug-likeness (QED) is 0.790. The Morgan fingerprint density at radius 2 is 1.85 bits per heavy atom. The van der Waals surface area contributed by atoms with Crippen molar-refractivity contribution in [2.24, 2.45) is 10.7 Å². The summed E-state index contributed by atoms with van der Waals surface area (Å²) < 4.78 is 0. The number of allylic oxidation sites excluding steroid dienone is 1. The first kappa shape index (κ1) is 17.7. The molecule has 0 atom stereocenters. The molecule has 1 aliphatic heterocycles. The van der Waals surface area contributed by atoms with E-state index in [0.29, 0.717) is 19.5 Å². The van der Waals surface area contributed by atoms with E-state index in [1.165, 1.54) is 5.56 Å². The van der Waals surface area contributed by atoms with Crippen LogP contribution in [0.15, 0.2) is 83.1 Å². The maximum atomic E-state index is 9.08. The Morgan fingerprint density at radius 1 is 1.08 bits per heavy atom. The topological polar surface area (TPSA) is 74.2 Å². The summed E-state index contributed by atoms with van der Waals surface area (Å²) in [5, 5.41) is 12.2. The van der Waals surface area contributed by atoms with Gasteiger partial charge >= 0.3 is 0 Å². The van der Waals surface area contributed by atoms with Crippen LogP contribution in [0.3, 0.4) is 0 Å². The zero-order valence-corrected chi connectivity index (χ0v) is 14.7. The fraction of sp³-hybridized carbons (Fsp3) is 0.182. The SMILES string of the molecule is N#CCC1=C(N=C(Cc2ccccc2)c2ccc(CN)cc2)C=CNC1. The van der Waals surface area contributed by atoms with Crippen LogP contribution in [-0.4, -0.2) is 12.3 Å². The molecule has 0 radical (unpaired) electrons. The van der Waals surface area contributed by atoms with Crippen molar-refractivity contribution in [1.29, 1.82) is 5.26 Å². The largest absolute Gasteiger partial charge is 0.387 e. The Labute approximate surface area is 154 Å². The predicted octanol–water partition coefficient (Wildman–Crippen LogP) is 3.46. The minimum atomic E-state index is 0.376. The molecule has 1 heterocycles. The van der Waals surface area contributed by atoms with Gasteiger partial charge in [-0.2, -0.15) is 5.26 Å². The van der Waals surface area contributed by atoms with Crippen LogP contribution in [0.1, 0.15) is 23.1 Å². The molecule has 0 fully saturated rings. The van der Waals surface area contributed by atoms with E-state index >= 15 is 0 Å². The molecule has 0 amide bonds. The third kappa shape index (κ3) is 4.47. The van der Waals surface area contributed by atoms with E-state index in [-0.39, 0.29) is 0 Å². The molecule has 0 saturated heterocycles. The molecule has 1 aliphatic rings. The van der Waals surface area contributed by atoms with E-state index in [0.717, 1.165) is 34.5 Å². The average Bonchev–Trinajstić information content (AvgIpc) is 2.70. The lowest BCUT2D eigenvalue weighted by Gasteiger charge is -2.15. The molecular weight excluding hydrogens is 320 g/mol. The van der Waals surface area contributed by atoms with Gasteiger partial charge in [0, 0.05) is 19.5 Å². The normalized spacial score (nSPS) is 14.1. The van der Waals surface area contributed by atoms with Gasteiger partial charge in [-0.1, -0.05) is 54.6 Å². The first-order valence-corrected chi connectivity index (χ1v) is 8.70. The van der Waals surface area contributed by atoms with Crippen LogP contribution >= 0.6 is 0 Å². The van der Waals surface area contributed by atoms with Crippen molar-refractivity contribution >= 4 is 5.71 Å². The van der Waals surface area contributed by atoms with Crippen molar-refractivity contribution in [1.82, 2.24) is 5.32 Å². The molecule has 4 heteroatoms. The molecule has 2 aromatic carbocycles. The lowest BCUT2D eigenvalue weighted by molar-refractivity contribution is 0.875. The van der Waals surface area contributed by atoms with Gasteiger partial charge in [-0.3, -0.25) is 4.99 Å². The lowest BCUT2D eigenvalue weighted by atomic mass is 10.00. The van der Waals surface area contributed by atoms with E-state index in [1.54, 1.807) is 0 Å². The maximum Gasteiger partial charge on any atom is 0.0667 e. The maximum absolute atomic E-state index is 9.08. The molecule has 0 saturated carbocycles. The van der Waals surface area contributed by atoms with Crippen molar-refractivity contribution in [2.45, 2.75) is 19.4 Å². The highest BCUT2D eigenvalue weighted by Crippen LogP contribution is 2.18. The number of hydrogen-bond acceptors (Lipinski definition) is 4. The van der Waals surface area contributed by atoms with E-state index < -0.39 is 0 Å². The zero-order valence-electron chi connectivity index (χ0n) is 14.7. The third-order valence-electron chi connectivity index (χ3n) is 4.32. The van der Waals surface area contributed by atoms with Crippen molar-refractivity contribution in [3.8, 4) is 6.07 Å². The van der Waals surface area contributed by atoms with Crippen LogP contribution in [0.2, 0.25) is 0 Å². The van der Waals surface area contributed by atoms with Crippen molar-refractivity contribution < 1.29 is 0 Å². The Morgan fingerprint density at radius 3 is 2.54 bits per heavy atom. The van der Waals surface area contributed by atoms with E-state index in [4.69, 9.17) is 16.0 Å². The van der Waals surface area contributed by atoms with Crippen molar-refractivity contribution in [3.63, 3.8) is 0 Å². The minimum absolute atomic E-state index is 0.376. The molecule has 3 rings (SSSR count). The summed E-state index contributed by atoms with van der Waals surface area (Å²) in [4.78, 5) is 4.94. The fourth-order valence-corrected chi connectivity index (χ4v) is 2.87. The second-order valence-corrected chi connectivity index (χ2v) is 6.16. The number of nitrogens with one attached hydrogen (secondary N) is 1. The van der Waals surface area contributed by atoms with Gasteiger partial charge in [0.05, 0.1) is 23.9 Å². The number of nitrogens with zero attached hydrogens (tertiary/aromatic N) is 2. The Kier molecular flexibility index (Phi) is 5.97. The van der Waals surface area contributed by atoms with Crippen LogP contribution in [0, 0.1) is 11.3 Å². The Balaban J connectivity index is 2.01. The summed E-state index contributed by atoms with van der Waals surface area (Å²) in [6, 6.07) is 20.7. The van der Waals surface area contributed by atoms with Crippen LogP contribution < -0.4 is 11.1 Å². The molecule has 2 aromatic rings. The van der Waals surface area contributed by atoms with Gasteiger partial charge in [0.1, 0.15) is 0 Å². The van der Waals surface area contributed by atoms with Crippen LogP contribution in [-0.2, 0) is 13.0 Å². The van der Waals surface area contributed by atoms with Crippen LogP contribution in [0.5, 0.6) is 0 Å². The van der Waals surface area contributed by atoms with E-state index in [1.807, 2.05) is 42.6 Å². The Hall–Kier alpha value is -3.16. The van der Waals surface area contributed by atoms with Crippen molar-refractivity contribution in [3.05, 3.63) is 94.8 Å². The molecule has 0 spiro atoms. The minimum Gasteiger partial charge on any atom is -0.387 e. The molecule has 3 N–H and O–H groups in total. The molecule has 26 heavy (non-hydrogen) atoms. The average molecular weight is 342 g/mol. The highest BCUT2D eigenvalue weighted by atomic mass is 14.9. The van der Waals surface area contributed by atoms with Crippen LogP contribution in [0.4, 0.5) is 0 Å². The second-order valence-electron chi connectivity index (χ2n) is 6.16. The number of hydrogen-bond donors (Lipinski definition) is 2. The van der Waals surface area contributed by atoms with E-state index in [9.17, 15) is 0 Å². The second kappa shape index (κ2) is 8.80. The first-order chi connectivity index (χ1) is 12.8. The summed E-state index contributed by atoms with van der Waals surface area (Å²) in [5.74, 6) is 0. The smallest absolute Gasteiger partial charge is 0.0667 e. The first-order valence-electron chi connectivity index (χ1n) is 8.70. The highest BCUT2D eigenvalue weighted by Gasteiger charge is 2.11. The third-order valence-corrected chi connectivity index (χ3v) is 4.32. The molecule has 130 valence electrons. The number of dihydropyridines is 1. The summed E-state index contributed by atoms with van der Waals surface area (Å²) in [5.41, 5.74) is 12.0. The summed E-state index contributed by atoms with van der Waals surface area (Å²) in [7, 11) is 0.